The van der Waals surface area contributed by atoms with E-state index in [0.29, 0.717) is 13.2 Å². The van der Waals surface area contributed by atoms with Crippen molar-refractivity contribution >= 4 is 0 Å². The summed E-state index contributed by atoms with van der Waals surface area (Å²) in [7, 11) is 1.92. The molecule has 0 aliphatic heterocycles. The minimum absolute atomic E-state index is 0.158. The molecule has 17 heavy (non-hydrogen) atoms. The molecular weight excluding hydrogens is 218 g/mol. The molecule has 0 aliphatic rings. The number of aromatic nitrogens is 2. The SMILES string of the molecule is Cc1c(CNCC(O)COC(C)C)cnn1C. The number of aliphatic hydroxyl groups excluding tert-OH is 1. The first-order valence-electron chi connectivity index (χ1n) is 5.98. The molecular formula is C12H23N3O2. The predicted octanol–water partition coefficient (Wildman–Crippen LogP) is 0.604. The van der Waals surface area contributed by atoms with Gasteiger partial charge in [0.25, 0.3) is 0 Å². The molecule has 0 bridgehead atoms. The van der Waals surface area contributed by atoms with Gasteiger partial charge in [-0.2, -0.15) is 5.10 Å². The lowest BCUT2D eigenvalue weighted by Gasteiger charge is -2.14. The molecule has 1 aromatic heterocycles. The number of rotatable bonds is 7. The van der Waals surface area contributed by atoms with Crippen LogP contribution in [0.15, 0.2) is 6.20 Å². The highest BCUT2D eigenvalue weighted by Crippen LogP contribution is 2.04. The summed E-state index contributed by atoms with van der Waals surface area (Å²) < 4.78 is 7.17. The fraction of sp³-hybridized carbons (Fsp3) is 0.750. The van der Waals surface area contributed by atoms with E-state index in [1.807, 2.05) is 38.7 Å². The quantitative estimate of drug-likeness (QED) is 0.734. The summed E-state index contributed by atoms with van der Waals surface area (Å²) in [4.78, 5) is 0. The Bertz CT molecular complexity index is 336. The lowest BCUT2D eigenvalue weighted by Crippen LogP contribution is -2.31. The molecule has 0 radical (unpaired) electrons. The highest BCUT2D eigenvalue weighted by Gasteiger charge is 2.07. The summed E-state index contributed by atoms with van der Waals surface area (Å²) in [6, 6.07) is 0. The Labute approximate surface area is 103 Å². The van der Waals surface area contributed by atoms with E-state index >= 15 is 0 Å². The van der Waals surface area contributed by atoms with Crippen molar-refractivity contribution in [2.45, 2.75) is 39.5 Å². The van der Waals surface area contributed by atoms with E-state index in [0.717, 1.165) is 17.8 Å². The molecule has 98 valence electrons. The minimum atomic E-state index is -0.464. The molecule has 2 N–H and O–H groups in total. The Hall–Kier alpha value is -0.910. The molecule has 5 heteroatoms. The second-order valence-electron chi connectivity index (χ2n) is 4.55. The van der Waals surface area contributed by atoms with Crippen LogP contribution in [0.25, 0.3) is 0 Å². The van der Waals surface area contributed by atoms with Crippen molar-refractivity contribution in [2.75, 3.05) is 13.2 Å². The zero-order chi connectivity index (χ0) is 12.8. The highest BCUT2D eigenvalue weighted by molar-refractivity contribution is 5.15. The van der Waals surface area contributed by atoms with Gasteiger partial charge in [0.2, 0.25) is 0 Å². The molecule has 0 amide bonds. The Morgan fingerprint density at radius 1 is 1.53 bits per heavy atom. The molecule has 0 aliphatic carbocycles. The van der Waals surface area contributed by atoms with E-state index in [1.165, 1.54) is 0 Å². The van der Waals surface area contributed by atoms with Crippen molar-refractivity contribution in [3.63, 3.8) is 0 Å². The zero-order valence-corrected chi connectivity index (χ0v) is 11.1. The molecule has 1 atom stereocenters. The van der Waals surface area contributed by atoms with Crippen molar-refractivity contribution in [2.24, 2.45) is 7.05 Å². The average molecular weight is 241 g/mol. The van der Waals surface area contributed by atoms with Gasteiger partial charge < -0.3 is 15.2 Å². The van der Waals surface area contributed by atoms with Crippen molar-refractivity contribution in [1.82, 2.24) is 15.1 Å². The Balaban J connectivity index is 2.21. The molecule has 1 aromatic rings. The van der Waals surface area contributed by atoms with E-state index in [1.54, 1.807) is 0 Å². The highest BCUT2D eigenvalue weighted by atomic mass is 16.5. The number of hydrogen-bond donors (Lipinski definition) is 2. The maximum atomic E-state index is 9.64. The predicted molar refractivity (Wildman–Crippen MR) is 66.7 cm³/mol. The molecule has 0 aromatic carbocycles. The van der Waals surface area contributed by atoms with Gasteiger partial charge in [0, 0.05) is 31.4 Å². The van der Waals surface area contributed by atoms with Gasteiger partial charge in [-0.1, -0.05) is 0 Å². The van der Waals surface area contributed by atoms with Gasteiger partial charge >= 0.3 is 0 Å². The van der Waals surface area contributed by atoms with Crippen molar-refractivity contribution < 1.29 is 9.84 Å². The Morgan fingerprint density at radius 3 is 2.76 bits per heavy atom. The minimum Gasteiger partial charge on any atom is -0.389 e. The normalized spacial score (nSPS) is 13.3. The van der Waals surface area contributed by atoms with Crippen LogP contribution in [0.1, 0.15) is 25.1 Å². The van der Waals surface area contributed by atoms with Gasteiger partial charge in [0.15, 0.2) is 0 Å². The van der Waals surface area contributed by atoms with Gasteiger partial charge in [-0.25, -0.2) is 0 Å². The van der Waals surface area contributed by atoms with Crippen LogP contribution in [0.2, 0.25) is 0 Å². The van der Waals surface area contributed by atoms with Crippen LogP contribution in [0, 0.1) is 6.92 Å². The van der Waals surface area contributed by atoms with E-state index in [2.05, 4.69) is 10.4 Å². The summed E-state index contributed by atoms with van der Waals surface area (Å²) in [5.41, 5.74) is 2.30. The standard InChI is InChI=1S/C12H23N3O2/c1-9(2)17-8-12(16)7-13-5-11-6-14-15(4)10(11)3/h6,9,12-13,16H,5,7-8H2,1-4H3. The molecule has 1 heterocycles. The number of hydrogen-bond acceptors (Lipinski definition) is 4. The third-order valence-corrected chi connectivity index (χ3v) is 2.65. The van der Waals surface area contributed by atoms with Crippen LogP contribution < -0.4 is 5.32 Å². The maximum Gasteiger partial charge on any atom is 0.0897 e. The molecule has 1 rings (SSSR count). The molecule has 5 nitrogen and oxygen atoms in total. The van der Waals surface area contributed by atoms with Crippen LogP contribution in [0.4, 0.5) is 0 Å². The van der Waals surface area contributed by atoms with Gasteiger partial charge in [0.05, 0.1) is 25.0 Å². The summed E-state index contributed by atoms with van der Waals surface area (Å²) in [6.07, 6.45) is 1.54. The topological polar surface area (TPSA) is 59.3 Å². The molecule has 0 fully saturated rings. The lowest BCUT2D eigenvalue weighted by atomic mass is 10.2. The zero-order valence-electron chi connectivity index (χ0n) is 11.1. The van der Waals surface area contributed by atoms with Crippen molar-refractivity contribution in [3.05, 3.63) is 17.5 Å². The van der Waals surface area contributed by atoms with Gasteiger partial charge in [-0.15, -0.1) is 0 Å². The Morgan fingerprint density at radius 2 is 2.24 bits per heavy atom. The largest absolute Gasteiger partial charge is 0.389 e. The number of aryl methyl sites for hydroxylation is 1. The fourth-order valence-electron chi connectivity index (χ4n) is 1.45. The van der Waals surface area contributed by atoms with Crippen LogP contribution in [0.3, 0.4) is 0 Å². The summed E-state index contributed by atoms with van der Waals surface area (Å²) in [5, 5.41) is 17.0. The second-order valence-corrected chi connectivity index (χ2v) is 4.55. The number of nitrogens with zero attached hydrogens (tertiary/aromatic N) is 2. The number of ether oxygens (including phenoxy) is 1. The van der Waals surface area contributed by atoms with Crippen molar-refractivity contribution in [3.8, 4) is 0 Å². The average Bonchev–Trinajstić information content (AvgIpc) is 2.58. The van der Waals surface area contributed by atoms with E-state index in [-0.39, 0.29) is 6.10 Å². The molecule has 1 unspecified atom stereocenters. The first kappa shape index (κ1) is 14.2. The van der Waals surface area contributed by atoms with E-state index in [9.17, 15) is 5.11 Å². The number of aliphatic hydroxyl groups is 1. The van der Waals surface area contributed by atoms with Crippen LogP contribution >= 0.6 is 0 Å². The molecule has 0 saturated heterocycles. The molecule has 0 saturated carbocycles. The van der Waals surface area contributed by atoms with E-state index in [4.69, 9.17) is 4.74 Å². The maximum absolute atomic E-state index is 9.64. The number of nitrogens with one attached hydrogen (secondary N) is 1. The van der Waals surface area contributed by atoms with Crippen LogP contribution in [-0.2, 0) is 18.3 Å². The second kappa shape index (κ2) is 6.74. The molecule has 0 spiro atoms. The van der Waals surface area contributed by atoms with Gasteiger partial charge in [-0.3, -0.25) is 4.68 Å². The first-order chi connectivity index (χ1) is 8.00. The van der Waals surface area contributed by atoms with Crippen LogP contribution in [-0.4, -0.2) is 40.2 Å². The fourth-order valence-corrected chi connectivity index (χ4v) is 1.45. The summed E-state index contributed by atoms with van der Waals surface area (Å²) in [5.74, 6) is 0. The third-order valence-electron chi connectivity index (χ3n) is 2.65. The summed E-state index contributed by atoms with van der Waals surface area (Å²) in [6.45, 7) is 7.57. The van der Waals surface area contributed by atoms with Crippen molar-refractivity contribution in [1.29, 1.82) is 0 Å². The van der Waals surface area contributed by atoms with Gasteiger partial charge in [0.1, 0.15) is 0 Å². The summed E-state index contributed by atoms with van der Waals surface area (Å²) >= 11 is 0. The lowest BCUT2D eigenvalue weighted by molar-refractivity contribution is 0.00630. The smallest absolute Gasteiger partial charge is 0.0897 e. The third kappa shape index (κ3) is 4.85. The van der Waals surface area contributed by atoms with Crippen LogP contribution in [0.5, 0.6) is 0 Å². The monoisotopic (exact) mass is 241 g/mol. The van der Waals surface area contributed by atoms with E-state index < -0.39 is 6.10 Å². The first-order valence-corrected chi connectivity index (χ1v) is 5.98. The Kier molecular flexibility index (Phi) is 5.61. The van der Waals surface area contributed by atoms with Gasteiger partial charge in [-0.05, 0) is 20.8 Å².